The molecule has 0 aliphatic carbocycles. The molecule has 0 radical (unpaired) electrons. The molecule has 0 unspecified atom stereocenters. The number of rotatable bonds is 4. The van der Waals surface area contributed by atoms with Gasteiger partial charge in [-0.1, -0.05) is 6.07 Å². The van der Waals surface area contributed by atoms with Gasteiger partial charge in [-0.25, -0.2) is 9.37 Å². The van der Waals surface area contributed by atoms with Crippen LogP contribution in [0, 0.1) is 0 Å². The number of carbonyl (C=O) groups excluding carboxylic acids is 1. The third-order valence-electron chi connectivity index (χ3n) is 2.67. The van der Waals surface area contributed by atoms with E-state index in [4.69, 9.17) is 10.5 Å². The Morgan fingerprint density at radius 2 is 2.37 bits per heavy atom. The van der Waals surface area contributed by atoms with Crippen LogP contribution in [0.1, 0.15) is 16.1 Å². The fraction of sp³-hybridized carbons (Fsp3) is 0.333. The number of amides is 1. The van der Waals surface area contributed by atoms with Crippen molar-refractivity contribution in [2.24, 2.45) is 5.73 Å². The van der Waals surface area contributed by atoms with Crippen molar-refractivity contribution < 1.29 is 13.9 Å². The predicted octanol–water partition coefficient (Wildman–Crippen LogP) is 0.980. The second kappa shape index (κ2) is 7.06. The molecule has 7 heteroatoms. The molecule has 0 saturated carbocycles. The smallest absolute Gasteiger partial charge is 0.270 e. The molecule has 0 aromatic carbocycles. The molecule has 0 bridgehead atoms. The fourth-order valence-electron chi connectivity index (χ4n) is 1.64. The average Bonchev–Trinajstić information content (AvgIpc) is 2.41. The van der Waals surface area contributed by atoms with Crippen LogP contribution in [0.4, 0.5) is 4.39 Å². The molecule has 0 fully saturated rings. The number of aromatic nitrogens is 1. The van der Waals surface area contributed by atoms with Crippen molar-refractivity contribution in [2.45, 2.75) is 6.42 Å². The molecule has 1 aromatic rings. The normalized spacial score (nSPS) is 14.2. The Morgan fingerprint density at radius 3 is 3.05 bits per heavy atom. The molecular formula is C12H15ClFN3O2. The van der Waals surface area contributed by atoms with Crippen LogP contribution in [0.3, 0.4) is 0 Å². The maximum absolute atomic E-state index is 12.3. The van der Waals surface area contributed by atoms with E-state index >= 15 is 0 Å². The topological polar surface area (TPSA) is 77.2 Å². The highest BCUT2D eigenvalue weighted by atomic mass is 35.5. The first-order valence-electron chi connectivity index (χ1n) is 5.63. The average molecular weight is 288 g/mol. The van der Waals surface area contributed by atoms with Gasteiger partial charge in [0, 0.05) is 24.7 Å². The molecule has 0 spiro atoms. The molecule has 1 aromatic heterocycles. The van der Waals surface area contributed by atoms with Crippen LogP contribution in [0.5, 0.6) is 5.88 Å². The van der Waals surface area contributed by atoms with E-state index in [1.807, 2.05) is 0 Å². The predicted molar refractivity (Wildman–Crippen MR) is 71.3 cm³/mol. The number of nitrogens with one attached hydrogen (secondary N) is 1. The SMILES string of the molecule is Cl.NCC(=CF)COc1ccc2c(n1)C(=O)NCC2. The van der Waals surface area contributed by atoms with E-state index in [0.29, 0.717) is 30.0 Å². The Morgan fingerprint density at radius 1 is 1.58 bits per heavy atom. The van der Waals surface area contributed by atoms with Gasteiger partial charge in [0.05, 0.1) is 6.33 Å². The Kier molecular flexibility index (Phi) is 5.72. The summed E-state index contributed by atoms with van der Waals surface area (Å²) in [5, 5.41) is 2.70. The monoisotopic (exact) mass is 287 g/mol. The van der Waals surface area contributed by atoms with E-state index in [1.54, 1.807) is 12.1 Å². The van der Waals surface area contributed by atoms with Gasteiger partial charge in [-0.15, -0.1) is 12.4 Å². The van der Waals surface area contributed by atoms with Gasteiger partial charge in [-0.05, 0) is 12.0 Å². The third-order valence-corrected chi connectivity index (χ3v) is 2.67. The lowest BCUT2D eigenvalue weighted by atomic mass is 10.1. The number of nitrogens with zero attached hydrogens (tertiary/aromatic N) is 1. The van der Waals surface area contributed by atoms with Gasteiger partial charge in [0.1, 0.15) is 12.3 Å². The van der Waals surface area contributed by atoms with Gasteiger partial charge in [-0.2, -0.15) is 0 Å². The second-order valence-electron chi connectivity index (χ2n) is 3.92. The lowest BCUT2D eigenvalue weighted by Crippen LogP contribution is -2.32. The Balaban J connectivity index is 0.00000180. The summed E-state index contributed by atoms with van der Waals surface area (Å²) in [6, 6.07) is 3.47. The number of fused-ring (bicyclic) bond motifs is 1. The highest BCUT2D eigenvalue weighted by Crippen LogP contribution is 2.16. The van der Waals surface area contributed by atoms with Gasteiger partial charge < -0.3 is 15.8 Å². The van der Waals surface area contributed by atoms with Gasteiger partial charge in [-0.3, -0.25) is 4.79 Å². The van der Waals surface area contributed by atoms with Crippen LogP contribution in [0.15, 0.2) is 24.0 Å². The Bertz CT molecular complexity index is 494. The molecule has 19 heavy (non-hydrogen) atoms. The van der Waals surface area contributed by atoms with Crippen LogP contribution in [-0.4, -0.2) is 30.6 Å². The van der Waals surface area contributed by atoms with E-state index in [0.717, 1.165) is 12.0 Å². The first kappa shape index (κ1) is 15.4. The molecule has 5 nitrogen and oxygen atoms in total. The van der Waals surface area contributed by atoms with Crippen molar-refractivity contribution in [1.82, 2.24) is 10.3 Å². The minimum Gasteiger partial charge on any atom is -0.473 e. The number of carbonyl (C=O) groups is 1. The van der Waals surface area contributed by atoms with Crippen molar-refractivity contribution >= 4 is 18.3 Å². The van der Waals surface area contributed by atoms with E-state index in [2.05, 4.69) is 10.3 Å². The molecule has 1 aliphatic heterocycles. The summed E-state index contributed by atoms with van der Waals surface area (Å²) >= 11 is 0. The lowest BCUT2D eigenvalue weighted by molar-refractivity contribution is 0.0939. The summed E-state index contributed by atoms with van der Waals surface area (Å²) in [6.07, 6.45) is 1.18. The molecule has 0 saturated heterocycles. The zero-order chi connectivity index (χ0) is 13.0. The Labute approximate surface area is 116 Å². The van der Waals surface area contributed by atoms with Crippen molar-refractivity contribution in [1.29, 1.82) is 0 Å². The van der Waals surface area contributed by atoms with Crippen LogP contribution in [-0.2, 0) is 6.42 Å². The van der Waals surface area contributed by atoms with Gasteiger partial charge >= 0.3 is 0 Å². The standard InChI is InChI=1S/C12H14FN3O2.ClH/c13-5-8(6-14)7-18-10-2-1-9-3-4-15-12(17)11(9)16-10;/h1-2,5H,3-4,6-7,14H2,(H,15,17);1H. The maximum Gasteiger partial charge on any atom is 0.270 e. The van der Waals surface area contributed by atoms with E-state index in [1.165, 1.54) is 0 Å². The lowest BCUT2D eigenvalue weighted by Gasteiger charge is -2.16. The van der Waals surface area contributed by atoms with Crippen LogP contribution >= 0.6 is 12.4 Å². The van der Waals surface area contributed by atoms with Crippen molar-refractivity contribution in [3.05, 3.63) is 35.3 Å². The summed E-state index contributed by atoms with van der Waals surface area (Å²) in [6.45, 7) is 0.734. The highest BCUT2D eigenvalue weighted by Gasteiger charge is 2.18. The molecule has 2 rings (SSSR count). The third kappa shape index (κ3) is 3.65. The van der Waals surface area contributed by atoms with E-state index < -0.39 is 0 Å². The number of ether oxygens (including phenoxy) is 1. The van der Waals surface area contributed by atoms with Crippen molar-refractivity contribution in [2.75, 3.05) is 19.7 Å². The Hall–Kier alpha value is -1.66. The molecule has 3 N–H and O–H groups in total. The largest absolute Gasteiger partial charge is 0.473 e. The first-order valence-corrected chi connectivity index (χ1v) is 5.63. The highest BCUT2D eigenvalue weighted by molar-refractivity contribution is 5.94. The molecule has 104 valence electrons. The van der Waals surface area contributed by atoms with Gasteiger partial charge in [0.25, 0.3) is 5.91 Å². The molecule has 1 amide bonds. The van der Waals surface area contributed by atoms with Crippen LogP contribution < -0.4 is 15.8 Å². The summed E-state index contributed by atoms with van der Waals surface area (Å²) < 4.78 is 17.6. The minimum absolute atomic E-state index is 0. The van der Waals surface area contributed by atoms with E-state index in [9.17, 15) is 9.18 Å². The molecule has 2 heterocycles. The maximum atomic E-state index is 12.3. The number of pyridine rings is 1. The van der Waals surface area contributed by atoms with Crippen molar-refractivity contribution in [3.8, 4) is 5.88 Å². The number of halogens is 2. The molecular weight excluding hydrogens is 273 g/mol. The fourth-order valence-corrected chi connectivity index (χ4v) is 1.64. The number of hydrogen-bond donors (Lipinski definition) is 2. The number of hydrogen-bond acceptors (Lipinski definition) is 4. The summed E-state index contributed by atoms with van der Waals surface area (Å²) in [7, 11) is 0. The van der Waals surface area contributed by atoms with E-state index in [-0.39, 0.29) is 31.5 Å². The molecule has 1 aliphatic rings. The van der Waals surface area contributed by atoms with Gasteiger partial charge in [0.2, 0.25) is 5.88 Å². The molecule has 0 atom stereocenters. The summed E-state index contributed by atoms with van der Waals surface area (Å²) in [5.41, 5.74) is 6.91. The minimum atomic E-state index is -0.207. The summed E-state index contributed by atoms with van der Waals surface area (Å²) in [5.74, 6) is 0.0837. The van der Waals surface area contributed by atoms with Crippen molar-refractivity contribution in [3.63, 3.8) is 0 Å². The summed E-state index contributed by atoms with van der Waals surface area (Å²) in [4.78, 5) is 15.7. The van der Waals surface area contributed by atoms with Gasteiger partial charge in [0.15, 0.2) is 0 Å². The zero-order valence-electron chi connectivity index (χ0n) is 10.2. The quantitative estimate of drug-likeness (QED) is 0.865. The van der Waals surface area contributed by atoms with Crippen LogP contribution in [0.2, 0.25) is 0 Å². The van der Waals surface area contributed by atoms with Crippen LogP contribution in [0.25, 0.3) is 0 Å². The number of nitrogens with two attached hydrogens (primary N) is 1. The first-order chi connectivity index (χ1) is 8.74. The zero-order valence-corrected chi connectivity index (χ0v) is 11.0. The second-order valence-corrected chi connectivity index (χ2v) is 3.92.